The Labute approximate surface area is 140 Å². The Bertz CT molecular complexity index is 679. The van der Waals surface area contributed by atoms with Gasteiger partial charge >= 0.3 is 0 Å². The molecule has 1 aromatic heterocycles. The lowest BCUT2D eigenvalue weighted by Gasteiger charge is -2.09. The molecule has 0 spiro atoms. The number of rotatable bonds is 7. The van der Waals surface area contributed by atoms with Crippen molar-refractivity contribution in [1.29, 1.82) is 0 Å². The summed E-state index contributed by atoms with van der Waals surface area (Å²) < 4.78 is 4.99. The summed E-state index contributed by atoms with van der Waals surface area (Å²) in [5, 5.41) is 6.41. The Morgan fingerprint density at radius 1 is 1.30 bits per heavy atom. The van der Waals surface area contributed by atoms with Crippen LogP contribution in [0.1, 0.15) is 22.6 Å². The number of benzene rings is 1. The second-order valence-electron chi connectivity index (χ2n) is 4.96. The van der Waals surface area contributed by atoms with Crippen molar-refractivity contribution in [2.45, 2.75) is 13.3 Å². The largest absolute Gasteiger partial charge is 0.385 e. The van der Waals surface area contributed by atoms with Gasteiger partial charge in [-0.3, -0.25) is 4.79 Å². The lowest BCUT2D eigenvalue weighted by Crippen LogP contribution is -2.16. The van der Waals surface area contributed by atoms with E-state index in [0.717, 1.165) is 6.42 Å². The third-order valence-corrected chi connectivity index (χ3v) is 3.21. The first-order chi connectivity index (χ1) is 11.1. The average molecular weight is 335 g/mol. The Morgan fingerprint density at radius 2 is 2.13 bits per heavy atom. The monoisotopic (exact) mass is 334 g/mol. The second-order valence-corrected chi connectivity index (χ2v) is 5.39. The van der Waals surface area contributed by atoms with Crippen molar-refractivity contribution >= 4 is 29.1 Å². The van der Waals surface area contributed by atoms with Crippen molar-refractivity contribution in [2.24, 2.45) is 0 Å². The predicted octanol–water partition coefficient (Wildman–Crippen LogP) is 3.14. The van der Waals surface area contributed by atoms with Crippen molar-refractivity contribution < 1.29 is 9.53 Å². The summed E-state index contributed by atoms with van der Waals surface area (Å²) in [5.74, 6) is 0.120. The molecule has 1 aromatic carbocycles. The molecule has 0 radical (unpaired) electrons. The van der Waals surface area contributed by atoms with Crippen molar-refractivity contribution in [3.63, 3.8) is 0 Å². The zero-order valence-corrected chi connectivity index (χ0v) is 13.9. The van der Waals surface area contributed by atoms with Crippen molar-refractivity contribution in [1.82, 2.24) is 9.97 Å². The van der Waals surface area contributed by atoms with Gasteiger partial charge in [-0.05, 0) is 37.6 Å². The van der Waals surface area contributed by atoms with E-state index in [0.29, 0.717) is 41.2 Å². The van der Waals surface area contributed by atoms with Crippen LogP contribution in [0.25, 0.3) is 0 Å². The minimum Gasteiger partial charge on any atom is -0.385 e. The van der Waals surface area contributed by atoms with Gasteiger partial charge in [0.1, 0.15) is 5.69 Å². The lowest BCUT2D eigenvalue weighted by molar-refractivity contribution is 0.102. The van der Waals surface area contributed by atoms with Gasteiger partial charge in [0.15, 0.2) is 0 Å². The number of nitrogens with zero attached hydrogens (tertiary/aromatic N) is 2. The average Bonchev–Trinajstić information content (AvgIpc) is 2.51. The number of amides is 1. The molecule has 122 valence electrons. The lowest BCUT2D eigenvalue weighted by atomic mass is 10.3. The van der Waals surface area contributed by atoms with Gasteiger partial charge in [0, 0.05) is 36.7 Å². The molecule has 0 aliphatic heterocycles. The van der Waals surface area contributed by atoms with Gasteiger partial charge in [0.2, 0.25) is 5.95 Å². The molecule has 2 rings (SSSR count). The molecule has 7 heteroatoms. The summed E-state index contributed by atoms with van der Waals surface area (Å²) in [4.78, 5) is 20.8. The summed E-state index contributed by atoms with van der Waals surface area (Å²) in [6.07, 6.45) is 0.831. The van der Waals surface area contributed by atoms with E-state index in [4.69, 9.17) is 16.3 Å². The molecule has 0 aliphatic carbocycles. The van der Waals surface area contributed by atoms with Crippen LogP contribution in [-0.2, 0) is 4.74 Å². The number of aromatic nitrogens is 2. The molecule has 0 saturated carbocycles. The van der Waals surface area contributed by atoms with E-state index in [1.54, 1.807) is 37.4 Å². The molecular formula is C16H19ClN4O2. The molecule has 6 nitrogen and oxygen atoms in total. The molecule has 1 heterocycles. The third kappa shape index (κ3) is 5.50. The van der Waals surface area contributed by atoms with E-state index in [1.807, 2.05) is 6.92 Å². The number of carbonyl (C=O) groups is 1. The first kappa shape index (κ1) is 17.2. The van der Waals surface area contributed by atoms with Crippen LogP contribution in [0.5, 0.6) is 0 Å². The number of ether oxygens (including phenoxy) is 1. The third-order valence-electron chi connectivity index (χ3n) is 2.98. The normalized spacial score (nSPS) is 10.4. The molecule has 0 fully saturated rings. The minimum absolute atomic E-state index is 0.298. The highest BCUT2D eigenvalue weighted by Gasteiger charge is 2.11. The molecule has 0 unspecified atom stereocenters. The second kappa shape index (κ2) is 8.45. The predicted molar refractivity (Wildman–Crippen MR) is 91.2 cm³/mol. The molecule has 1 amide bonds. The number of hydrogen-bond acceptors (Lipinski definition) is 5. The topological polar surface area (TPSA) is 76.1 Å². The van der Waals surface area contributed by atoms with E-state index in [1.165, 1.54) is 0 Å². The number of nitrogens with one attached hydrogen (secondary N) is 2. The molecular weight excluding hydrogens is 316 g/mol. The summed E-state index contributed by atoms with van der Waals surface area (Å²) in [6, 6.07) is 8.60. The van der Waals surface area contributed by atoms with Crippen molar-refractivity contribution in [3.8, 4) is 0 Å². The number of hydrogen-bond donors (Lipinski definition) is 2. The highest BCUT2D eigenvalue weighted by molar-refractivity contribution is 6.30. The molecule has 0 aliphatic rings. The molecule has 0 bridgehead atoms. The van der Waals surface area contributed by atoms with Crippen LogP contribution in [0, 0.1) is 6.92 Å². The molecule has 23 heavy (non-hydrogen) atoms. The van der Waals surface area contributed by atoms with Crippen LogP contribution in [0.4, 0.5) is 11.6 Å². The fraction of sp³-hybridized carbons (Fsp3) is 0.312. The van der Waals surface area contributed by atoms with Gasteiger partial charge in [-0.25, -0.2) is 9.97 Å². The van der Waals surface area contributed by atoms with Gasteiger partial charge in [0.25, 0.3) is 5.91 Å². The Balaban J connectivity index is 2.06. The summed E-state index contributed by atoms with van der Waals surface area (Å²) in [7, 11) is 1.65. The Kier molecular flexibility index (Phi) is 6.31. The minimum atomic E-state index is -0.308. The first-order valence-corrected chi connectivity index (χ1v) is 7.61. The van der Waals surface area contributed by atoms with Gasteiger partial charge in [-0.2, -0.15) is 0 Å². The summed E-state index contributed by atoms with van der Waals surface area (Å²) >= 11 is 5.91. The van der Waals surface area contributed by atoms with Crippen LogP contribution < -0.4 is 10.6 Å². The fourth-order valence-corrected chi connectivity index (χ4v) is 2.13. The highest BCUT2D eigenvalue weighted by Crippen LogP contribution is 2.16. The SMILES string of the molecule is COCCCNc1nc(C)cc(C(=O)Nc2cccc(Cl)c2)n1. The summed E-state index contributed by atoms with van der Waals surface area (Å²) in [6.45, 7) is 3.14. The van der Waals surface area contributed by atoms with Crippen LogP contribution in [0.15, 0.2) is 30.3 Å². The van der Waals surface area contributed by atoms with Gasteiger partial charge in [0.05, 0.1) is 0 Å². The van der Waals surface area contributed by atoms with E-state index in [-0.39, 0.29) is 5.91 Å². The zero-order valence-electron chi connectivity index (χ0n) is 13.1. The highest BCUT2D eigenvalue weighted by atomic mass is 35.5. The maximum absolute atomic E-state index is 12.3. The number of carbonyl (C=O) groups excluding carboxylic acids is 1. The van der Waals surface area contributed by atoms with Crippen LogP contribution in [0.3, 0.4) is 0 Å². The van der Waals surface area contributed by atoms with Gasteiger partial charge in [-0.1, -0.05) is 17.7 Å². The zero-order chi connectivity index (χ0) is 16.7. The quantitative estimate of drug-likeness (QED) is 0.761. The Morgan fingerprint density at radius 3 is 2.87 bits per heavy atom. The smallest absolute Gasteiger partial charge is 0.274 e. The maximum Gasteiger partial charge on any atom is 0.274 e. The molecule has 2 aromatic rings. The molecule has 2 N–H and O–H groups in total. The molecule has 0 saturated heterocycles. The van der Waals surface area contributed by atoms with E-state index < -0.39 is 0 Å². The summed E-state index contributed by atoms with van der Waals surface area (Å²) in [5.41, 5.74) is 1.63. The van der Waals surface area contributed by atoms with Crippen LogP contribution in [-0.4, -0.2) is 36.1 Å². The number of methoxy groups -OCH3 is 1. The molecule has 0 atom stereocenters. The maximum atomic E-state index is 12.3. The number of halogens is 1. The van der Waals surface area contributed by atoms with Crippen molar-refractivity contribution in [3.05, 3.63) is 46.7 Å². The van der Waals surface area contributed by atoms with Gasteiger partial charge < -0.3 is 15.4 Å². The van der Waals surface area contributed by atoms with E-state index >= 15 is 0 Å². The van der Waals surface area contributed by atoms with E-state index in [9.17, 15) is 4.79 Å². The van der Waals surface area contributed by atoms with Gasteiger partial charge in [-0.15, -0.1) is 0 Å². The Hall–Kier alpha value is -2.18. The van der Waals surface area contributed by atoms with Crippen LogP contribution >= 0.6 is 11.6 Å². The standard InChI is InChI=1S/C16H19ClN4O2/c1-11-9-14(21-16(19-11)18-7-4-8-23-2)15(22)20-13-6-3-5-12(17)10-13/h3,5-6,9-10H,4,7-8H2,1-2H3,(H,20,22)(H,18,19,21). The first-order valence-electron chi connectivity index (χ1n) is 7.24. The van der Waals surface area contributed by atoms with Crippen LogP contribution in [0.2, 0.25) is 5.02 Å². The fourth-order valence-electron chi connectivity index (χ4n) is 1.94. The van der Waals surface area contributed by atoms with Crippen molar-refractivity contribution in [2.75, 3.05) is 30.9 Å². The van der Waals surface area contributed by atoms with E-state index in [2.05, 4.69) is 20.6 Å². The number of anilines is 2. The number of aryl methyl sites for hydroxylation is 1.